The third kappa shape index (κ3) is 2.44. The summed E-state index contributed by atoms with van der Waals surface area (Å²) in [6, 6.07) is 35.7. The molecule has 0 N–H and O–H groups in total. The lowest BCUT2D eigenvalue weighted by molar-refractivity contribution is 0.738. The molecule has 1 nitrogen and oxygen atoms in total. The smallest absolute Gasteiger partial charge is 0.0789 e. The average Bonchev–Trinajstić information content (AvgIpc) is 3.40. The molecule has 1 heterocycles. The summed E-state index contributed by atoms with van der Waals surface area (Å²) in [6.45, 7) is 0. The highest BCUT2D eigenvalue weighted by Crippen LogP contribution is 2.64. The molecule has 8 rings (SSSR count). The molecule has 0 fully saturated rings. The maximum absolute atomic E-state index is 6.73. The highest BCUT2D eigenvalue weighted by molar-refractivity contribution is 6.31. The predicted octanol–water partition coefficient (Wildman–Crippen LogP) is 8.91. The number of rotatable bonds is 1. The van der Waals surface area contributed by atoms with Crippen LogP contribution in [0.1, 0.15) is 40.3 Å². The van der Waals surface area contributed by atoms with Gasteiger partial charge in [0.05, 0.1) is 11.5 Å². The first-order valence-corrected chi connectivity index (χ1v) is 12.9. The SMILES string of the molecule is Clc1ccc2c(c1)C1(c3ccccc3-c3c(C4CC=CC=N4)cccc31)c1ccc3ccccc3c1-2. The van der Waals surface area contributed by atoms with Gasteiger partial charge in [-0.25, -0.2) is 0 Å². The van der Waals surface area contributed by atoms with Crippen LogP contribution >= 0.6 is 11.6 Å². The molecule has 2 unspecified atom stereocenters. The Kier molecular flexibility index (Phi) is 4.10. The van der Waals surface area contributed by atoms with E-state index in [1.165, 1.54) is 60.8 Å². The Bertz CT molecular complexity index is 1790. The topological polar surface area (TPSA) is 12.4 Å². The lowest BCUT2D eigenvalue weighted by atomic mass is 9.70. The zero-order valence-corrected chi connectivity index (χ0v) is 20.3. The molecule has 0 bridgehead atoms. The summed E-state index contributed by atoms with van der Waals surface area (Å²) in [5.74, 6) is 0. The molecule has 2 heteroatoms. The third-order valence-electron chi connectivity index (χ3n) is 8.30. The zero-order valence-electron chi connectivity index (χ0n) is 19.6. The Labute approximate surface area is 215 Å². The maximum atomic E-state index is 6.73. The molecular weight excluding hydrogens is 458 g/mol. The lowest BCUT2D eigenvalue weighted by Gasteiger charge is -2.31. The van der Waals surface area contributed by atoms with Crippen molar-refractivity contribution in [2.75, 3.05) is 0 Å². The fraction of sp³-hybridized carbons (Fsp3) is 0.0882. The van der Waals surface area contributed by atoms with Crippen molar-refractivity contribution in [1.82, 2.24) is 0 Å². The highest BCUT2D eigenvalue weighted by atomic mass is 35.5. The molecule has 0 saturated carbocycles. The summed E-state index contributed by atoms with van der Waals surface area (Å²) < 4.78 is 0. The molecule has 5 aromatic carbocycles. The van der Waals surface area contributed by atoms with Gasteiger partial charge in [0.2, 0.25) is 0 Å². The van der Waals surface area contributed by atoms with Gasteiger partial charge in [-0.3, -0.25) is 4.99 Å². The Morgan fingerprint density at radius 3 is 2.42 bits per heavy atom. The van der Waals surface area contributed by atoms with Gasteiger partial charge in [0, 0.05) is 11.2 Å². The Morgan fingerprint density at radius 1 is 0.694 bits per heavy atom. The summed E-state index contributed by atoms with van der Waals surface area (Å²) in [5, 5.41) is 3.33. The van der Waals surface area contributed by atoms with Crippen LogP contribution in [0, 0.1) is 0 Å². The number of allylic oxidation sites excluding steroid dienone is 1. The fourth-order valence-electron chi connectivity index (χ4n) is 6.97. The third-order valence-corrected chi connectivity index (χ3v) is 8.53. The quantitative estimate of drug-likeness (QED) is 0.223. The number of hydrogen-bond acceptors (Lipinski definition) is 1. The molecule has 36 heavy (non-hydrogen) atoms. The summed E-state index contributed by atoms with van der Waals surface area (Å²) in [5.41, 5.74) is 11.4. The molecule has 1 aliphatic heterocycles. The second kappa shape index (κ2) is 7.29. The maximum Gasteiger partial charge on any atom is 0.0789 e. The van der Waals surface area contributed by atoms with E-state index < -0.39 is 5.41 Å². The summed E-state index contributed by atoms with van der Waals surface area (Å²) >= 11 is 6.73. The van der Waals surface area contributed by atoms with Gasteiger partial charge in [0.1, 0.15) is 0 Å². The molecule has 0 radical (unpaired) electrons. The largest absolute Gasteiger partial charge is 0.285 e. The Hall–Kier alpha value is -3.94. The normalized spacial score (nSPS) is 20.4. The van der Waals surface area contributed by atoms with Gasteiger partial charge in [0.15, 0.2) is 0 Å². The van der Waals surface area contributed by atoms with E-state index in [1.54, 1.807) is 0 Å². The first-order valence-electron chi connectivity index (χ1n) is 12.5. The van der Waals surface area contributed by atoms with Crippen LogP contribution in [0.4, 0.5) is 0 Å². The van der Waals surface area contributed by atoms with Gasteiger partial charge >= 0.3 is 0 Å². The van der Waals surface area contributed by atoms with Crippen molar-refractivity contribution in [2.45, 2.75) is 17.9 Å². The van der Waals surface area contributed by atoms with Crippen LogP contribution < -0.4 is 0 Å². The monoisotopic (exact) mass is 479 g/mol. The second-order valence-corrected chi connectivity index (χ2v) is 10.4. The van der Waals surface area contributed by atoms with Crippen molar-refractivity contribution >= 4 is 28.6 Å². The van der Waals surface area contributed by atoms with Gasteiger partial charge in [-0.05, 0) is 85.5 Å². The molecule has 5 aromatic rings. The van der Waals surface area contributed by atoms with Gasteiger partial charge in [-0.2, -0.15) is 0 Å². The van der Waals surface area contributed by atoms with E-state index in [-0.39, 0.29) is 6.04 Å². The summed E-state index contributed by atoms with van der Waals surface area (Å²) in [6.07, 6.45) is 7.13. The number of benzene rings is 5. The first-order chi connectivity index (χ1) is 17.8. The van der Waals surface area contributed by atoms with Crippen LogP contribution in [-0.4, -0.2) is 6.21 Å². The van der Waals surface area contributed by atoms with Crippen LogP contribution in [-0.2, 0) is 5.41 Å². The number of hydrogen-bond donors (Lipinski definition) is 0. The van der Waals surface area contributed by atoms with Gasteiger partial charge in [-0.1, -0.05) is 103 Å². The van der Waals surface area contributed by atoms with Crippen molar-refractivity contribution in [3.05, 3.63) is 142 Å². The van der Waals surface area contributed by atoms with Crippen LogP contribution in [0.25, 0.3) is 33.0 Å². The van der Waals surface area contributed by atoms with Crippen LogP contribution in [0.3, 0.4) is 0 Å². The molecule has 2 atom stereocenters. The van der Waals surface area contributed by atoms with Crippen LogP contribution in [0.15, 0.2) is 114 Å². The van der Waals surface area contributed by atoms with Gasteiger partial charge in [-0.15, -0.1) is 0 Å². The van der Waals surface area contributed by atoms with Crippen molar-refractivity contribution in [2.24, 2.45) is 4.99 Å². The minimum absolute atomic E-state index is 0.129. The molecule has 0 amide bonds. The van der Waals surface area contributed by atoms with Crippen LogP contribution in [0.2, 0.25) is 5.02 Å². The lowest BCUT2D eigenvalue weighted by Crippen LogP contribution is -2.26. The van der Waals surface area contributed by atoms with E-state index in [9.17, 15) is 0 Å². The molecule has 0 aromatic heterocycles. The molecule has 0 saturated heterocycles. The van der Waals surface area contributed by atoms with Crippen molar-refractivity contribution in [3.8, 4) is 22.3 Å². The van der Waals surface area contributed by atoms with Gasteiger partial charge < -0.3 is 0 Å². The van der Waals surface area contributed by atoms with Crippen molar-refractivity contribution in [1.29, 1.82) is 0 Å². The number of aliphatic imine (C=N–C) groups is 1. The fourth-order valence-corrected chi connectivity index (χ4v) is 7.14. The molecule has 2 aliphatic carbocycles. The highest BCUT2D eigenvalue weighted by Gasteiger charge is 2.52. The molecule has 3 aliphatic rings. The van der Waals surface area contributed by atoms with E-state index in [1.807, 2.05) is 18.4 Å². The second-order valence-electron chi connectivity index (χ2n) is 9.94. The summed E-state index contributed by atoms with van der Waals surface area (Å²) in [7, 11) is 0. The summed E-state index contributed by atoms with van der Waals surface area (Å²) in [4.78, 5) is 4.88. The molecule has 1 spiro atoms. The minimum Gasteiger partial charge on any atom is -0.285 e. The van der Waals surface area contributed by atoms with E-state index in [4.69, 9.17) is 16.6 Å². The number of dihydropyridines is 1. The van der Waals surface area contributed by atoms with E-state index >= 15 is 0 Å². The number of nitrogens with zero attached hydrogens (tertiary/aromatic N) is 1. The first kappa shape index (κ1) is 20.3. The zero-order chi connectivity index (χ0) is 23.9. The predicted molar refractivity (Wildman–Crippen MR) is 150 cm³/mol. The average molecular weight is 480 g/mol. The number of halogens is 1. The number of fused-ring (bicyclic) bond motifs is 12. The van der Waals surface area contributed by atoms with Crippen molar-refractivity contribution in [3.63, 3.8) is 0 Å². The molecular formula is C34H22ClN. The minimum atomic E-state index is -0.407. The van der Waals surface area contributed by atoms with Crippen molar-refractivity contribution < 1.29 is 0 Å². The van der Waals surface area contributed by atoms with E-state index in [2.05, 4.69) is 97.1 Å². The van der Waals surface area contributed by atoms with E-state index in [0.717, 1.165) is 11.4 Å². The van der Waals surface area contributed by atoms with Crippen LogP contribution in [0.5, 0.6) is 0 Å². The Morgan fingerprint density at radius 2 is 1.50 bits per heavy atom. The molecule has 170 valence electrons. The Balaban J connectivity index is 1.56. The standard InChI is InChI=1S/C34H22ClN/c35-22-16-17-25-30(20-22)34(29-18-15-21-8-1-2-9-23(21)32(25)29)27-12-4-3-10-24(27)33-26(11-7-13-28(33)34)31-14-5-6-19-36-31/h1-13,15-20,31H,14H2. The van der Waals surface area contributed by atoms with E-state index in [0.29, 0.717) is 0 Å². The van der Waals surface area contributed by atoms with Gasteiger partial charge in [0.25, 0.3) is 0 Å².